The fourth-order valence-electron chi connectivity index (χ4n) is 2.18. The molecular formula is C17H15Cl2N3. The van der Waals surface area contributed by atoms with Crippen LogP contribution in [0.3, 0.4) is 0 Å². The molecule has 0 aliphatic carbocycles. The van der Waals surface area contributed by atoms with E-state index in [4.69, 9.17) is 11.6 Å². The molecule has 3 aromatic rings. The lowest BCUT2D eigenvalue weighted by Gasteiger charge is -2.05. The summed E-state index contributed by atoms with van der Waals surface area (Å²) in [6.45, 7) is 2.02. The standard InChI is InChI=1S/C17H14ClN3.ClH/c1-12(13-7-9-15(18)10-8-13)20-21-16-6-2-4-14-5-3-11-19-17(14)16;/h2-12H,1H3;1H. The monoisotopic (exact) mass is 331 g/mol. The third-order valence-electron chi connectivity index (χ3n) is 3.37. The van der Waals surface area contributed by atoms with Crippen molar-refractivity contribution < 1.29 is 17.4 Å². The van der Waals surface area contributed by atoms with E-state index in [2.05, 4.69) is 15.2 Å². The highest BCUT2D eigenvalue weighted by molar-refractivity contribution is 6.30. The Morgan fingerprint density at radius 3 is 2.50 bits per heavy atom. The predicted octanol–water partition coefficient (Wildman–Crippen LogP) is 2.16. The number of nitrogens with one attached hydrogen (secondary N) is 1. The van der Waals surface area contributed by atoms with E-state index in [0.717, 1.165) is 27.2 Å². The van der Waals surface area contributed by atoms with Crippen molar-refractivity contribution in [2.24, 2.45) is 10.2 Å². The van der Waals surface area contributed by atoms with Crippen LogP contribution in [-0.4, -0.2) is 0 Å². The van der Waals surface area contributed by atoms with Crippen molar-refractivity contribution in [3.05, 3.63) is 71.4 Å². The zero-order valence-corrected chi connectivity index (χ0v) is 13.5. The fraction of sp³-hybridized carbons (Fsp3) is 0.118. The van der Waals surface area contributed by atoms with E-state index in [9.17, 15) is 0 Å². The number of azo groups is 1. The van der Waals surface area contributed by atoms with Gasteiger partial charge in [-0.15, -0.1) is 5.11 Å². The van der Waals surface area contributed by atoms with Gasteiger partial charge in [0.25, 0.3) is 0 Å². The predicted molar refractivity (Wildman–Crippen MR) is 84.9 cm³/mol. The Balaban J connectivity index is 0.00000176. The molecule has 22 heavy (non-hydrogen) atoms. The summed E-state index contributed by atoms with van der Waals surface area (Å²) in [6.07, 6.45) is 1.89. The number of halogens is 2. The number of para-hydroxylation sites is 1. The Morgan fingerprint density at radius 1 is 1.00 bits per heavy atom. The number of fused-ring (bicyclic) bond motifs is 1. The van der Waals surface area contributed by atoms with E-state index in [1.165, 1.54) is 0 Å². The summed E-state index contributed by atoms with van der Waals surface area (Å²) in [4.78, 5) is 3.22. The second-order valence-corrected chi connectivity index (χ2v) is 5.29. The van der Waals surface area contributed by atoms with E-state index in [0.29, 0.717) is 0 Å². The van der Waals surface area contributed by atoms with Crippen LogP contribution in [0.1, 0.15) is 18.5 Å². The van der Waals surface area contributed by atoms with Crippen LogP contribution in [0.15, 0.2) is 71.0 Å². The molecule has 0 spiro atoms. The van der Waals surface area contributed by atoms with Crippen molar-refractivity contribution in [2.75, 3.05) is 0 Å². The highest BCUT2D eigenvalue weighted by Gasteiger charge is 2.07. The van der Waals surface area contributed by atoms with Gasteiger partial charge in [-0.1, -0.05) is 29.8 Å². The summed E-state index contributed by atoms with van der Waals surface area (Å²) in [7, 11) is 0. The average Bonchev–Trinajstić information content (AvgIpc) is 2.53. The lowest BCUT2D eigenvalue weighted by Crippen LogP contribution is -3.00. The van der Waals surface area contributed by atoms with Gasteiger partial charge in [-0.2, -0.15) is 5.11 Å². The summed E-state index contributed by atoms with van der Waals surface area (Å²) in [5.41, 5.74) is 2.92. The Labute approximate surface area is 140 Å². The number of pyridine rings is 1. The van der Waals surface area contributed by atoms with Crippen molar-refractivity contribution in [3.63, 3.8) is 0 Å². The smallest absolute Gasteiger partial charge is 0.238 e. The maximum Gasteiger partial charge on any atom is 0.238 e. The summed E-state index contributed by atoms with van der Waals surface area (Å²) >= 11 is 5.90. The minimum atomic E-state index is -0.0127. The lowest BCUT2D eigenvalue weighted by molar-refractivity contribution is -0.344. The van der Waals surface area contributed by atoms with Crippen LogP contribution in [0.25, 0.3) is 10.9 Å². The summed E-state index contributed by atoms with van der Waals surface area (Å²) in [5, 5.41) is 10.6. The fourth-order valence-corrected chi connectivity index (χ4v) is 2.30. The topological polar surface area (TPSA) is 38.9 Å². The second kappa shape index (κ2) is 7.34. The molecule has 0 saturated carbocycles. The van der Waals surface area contributed by atoms with Crippen molar-refractivity contribution in [1.82, 2.24) is 0 Å². The molecule has 0 aliphatic rings. The summed E-state index contributed by atoms with van der Waals surface area (Å²) in [6, 6.07) is 17.7. The molecule has 1 atom stereocenters. The molecular weight excluding hydrogens is 317 g/mol. The van der Waals surface area contributed by atoms with Gasteiger partial charge in [-0.05, 0) is 42.8 Å². The SMILES string of the molecule is CC(N=Nc1cccc2ccc[nH+]c12)c1ccc(Cl)cc1.[Cl-]. The molecule has 0 radical (unpaired) electrons. The second-order valence-electron chi connectivity index (χ2n) is 4.85. The van der Waals surface area contributed by atoms with Gasteiger partial charge in [0.1, 0.15) is 0 Å². The first-order chi connectivity index (χ1) is 10.2. The molecule has 1 aromatic heterocycles. The number of rotatable bonds is 3. The Kier molecular flexibility index (Phi) is 5.47. The molecule has 0 fully saturated rings. The number of hydrogen-bond donors (Lipinski definition) is 0. The first-order valence-corrected chi connectivity index (χ1v) is 7.17. The number of benzene rings is 2. The minimum absolute atomic E-state index is 0. The van der Waals surface area contributed by atoms with Crippen LogP contribution in [0.4, 0.5) is 5.69 Å². The Bertz CT molecular complexity index is 780. The third kappa shape index (κ3) is 3.62. The van der Waals surface area contributed by atoms with Gasteiger partial charge in [0.15, 0.2) is 11.9 Å². The van der Waals surface area contributed by atoms with E-state index < -0.39 is 0 Å². The normalized spacial score (nSPS) is 12.3. The van der Waals surface area contributed by atoms with E-state index in [1.807, 2.05) is 67.7 Å². The molecule has 112 valence electrons. The molecule has 0 aliphatic heterocycles. The number of aromatic nitrogens is 1. The van der Waals surface area contributed by atoms with Gasteiger partial charge in [0.2, 0.25) is 5.52 Å². The maximum absolute atomic E-state index is 5.90. The largest absolute Gasteiger partial charge is 1.00 e. The van der Waals surface area contributed by atoms with E-state index in [-0.39, 0.29) is 18.4 Å². The molecule has 2 aromatic carbocycles. The van der Waals surface area contributed by atoms with Crippen molar-refractivity contribution in [3.8, 4) is 0 Å². The molecule has 1 unspecified atom stereocenters. The Morgan fingerprint density at radius 2 is 1.73 bits per heavy atom. The number of nitrogens with zero attached hydrogens (tertiary/aromatic N) is 2. The van der Waals surface area contributed by atoms with Gasteiger partial charge in [0, 0.05) is 16.5 Å². The maximum atomic E-state index is 5.90. The van der Waals surface area contributed by atoms with Gasteiger partial charge in [0.05, 0.1) is 6.04 Å². The highest BCUT2D eigenvalue weighted by atomic mass is 35.5. The van der Waals surface area contributed by atoms with Gasteiger partial charge >= 0.3 is 0 Å². The summed E-state index contributed by atoms with van der Waals surface area (Å²) < 4.78 is 0. The van der Waals surface area contributed by atoms with Gasteiger partial charge in [-0.3, -0.25) is 0 Å². The van der Waals surface area contributed by atoms with Crippen LogP contribution < -0.4 is 17.4 Å². The van der Waals surface area contributed by atoms with Crippen molar-refractivity contribution in [1.29, 1.82) is 0 Å². The molecule has 1 N–H and O–H groups in total. The highest BCUT2D eigenvalue weighted by Crippen LogP contribution is 2.25. The van der Waals surface area contributed by atoms with Crippen LogP contribution in [0, 0.1) is 0 Å². The van der Waals surface area contributed by atoms with E-state index in [1.54, 1.807) is 0 Å². The molecule has 0 bridgehead atoms. The quantitative estimate of drug-likeness (QED) is 0.660. The number of aromatic amines is 1. The number of hydrogen-bond acceptors (Lipinski definition) is 2. The molecule has 0 saturated heterocycles. The molecule has 3 nitrogen and oxygen atoms in total. The molecule has 5 heteroatoms. The lowest BCUT2D eigenvalue weighted by atomic mass is 10.1. The first-order valence-electron chi connectivity index (χ1n) is 6.80. The van der Waals surface area contributed by atoms with Crippen molar-refractivity contribution in [2.45, 2.75) is 13.0 Å². The summed E-state index contributed by atoms with van der Waals surface area (Å²) in [5.74, 6) is 0. The molecule has 0 amide bonds. The van der Waals surface area contributed by atoms with Crippen LogP contribution in [-0.2, 0) is 0 Å². The molecule has 1 heterocycles. The minimum Gasteiger partial charge on any atom is -1.00 e. The van der Waals surface area contributed by atoms with E-state index >= 15 is 0 Å². The zero-order chi connectivity index (χ0) is 14.7. The van der Waals surface area contributed by atoms with Crippen LogP contribution in [0.2, 0.25) is 5.02 Å². The molecule has 3 rings (SSSR count). The van der Waals surface area contributed by atoms with Gasteiger partial charge < -0.3 is 12.4 Å². The number of H-pyrrole nitrogens is 1. The Hall–Kier alpha value is -1.97. The third-order valence-corrected chi connectivity index (χ3v) is 3.62. The van der Waals surface area contributed by atoms with Crippen molar-refractivity contribution >= 4 is 28.2 Å². The average molecular weight is 332 g/mol. The first kappa shape index (κ1) is 16.4. The van der Waals surface area contributed by atoms with Gasteiger partial charge in [-0.25, -0.2) is 4.98 Å². The van der Waals surface area contributed by atoms with Crippen LogP contribution in [0.5, 0.6) is 0 Å². The van der Waals surface area contributed by atoms with Crippen LogP contribution >= 0.6 is 11.6 Å². The zero-order valence-electron chi connectivity index (χ0n) is 12.0.